The molecular formula is C14H18ClNO3S. The Morgan fingerprint density at radius 3 is 2.65 bits per heavy atom. The lowest BCUT2D eigenvalue weighted by Crippen LogP contribution is -2.38. The first-order valence-electron chi connectivity index (χ1n) is 6.78. The molecule has 0 spiro atoms. The topological polar surface area (TPSA) is 57.6 Å². The minimum atomic E-state index is -0.851. The van der Waals surface area contributed by atoms with Gasteiger partial charge in [-0.3, -0.25) is 9.59 Å². The number of carboxylic acids is 1. The molecule has 1 aliphatic rings. The van der Waals surface area contributed by atoms with Crippen molar-refractivity contribution in [3.8, 4) is 0 Å². The molecule has 0 bridgehead atoms. The summed E-state index contributed by atoms with van der Waals surface area (Å²) >= 11 is 7.35. The SMILES string of the molecule is CCN(Cc1ccc(Cl)s1)C(=O)C1CCCC1C(=O)O. The molecule has 0 radical (unpaired) electrons. The number of hydrogen-bond donors (Lipinski definition) is 1. The van der Waals surface area contributed by atoms with Crippen LogP contribution in [0.4, 0.5) is 0 Å². The third-order valence-electron chi connectivity index (χ3n) is 3.82. The van der Waals surface area contributed by atoms with E-state index in [0.717, 1.165) is 11.3 Å². The zero-order chi connectivity index (χ0) is 14.7. The largest absolute Gasteiger partial charge is 0.481 e. The molecular weight excluding hydrogens is 298 g/mol. The number of amides is 1. The number of carbonyl (C=O) groups is 2. The maximum absolute atomic E-state index is 12.5. The molecule has 1 fully saturated rings. The summed E-state index contributed by atoms with van der Waals surface area (Å²) in [6.07, 6.45) is 2.10. The van der Waals surface area contributed by atoms with Crippen LogP contribution in [0.2, 0.25) is 4.34 Å². The van der Waals surface area contributed by atoms with Crippen molar-refractivity contribution >= 4 is 34.8 Å². The molecule has 20 heavy (non-hydrogen) atoms. The van der Waals surface area contributed by atoms with Gasteiger partial charge >= 0.3 is 5.97 Å². The highest BCUT2D eigenvalue weighted by Gasteiger charge is 2.39. The van der Waals surface area contributed by atoms with Crippen LogP contribution in [0.25, 0.3) is 0 Å². The Labute approximate surface area is 127 Å². The number of thiophene rings is 1. The van der Waals surface area contributed by atoms with Crippen LogP contribution < -0.4 is 0 Å². The monoisotopic (exact) mass is 315 g/mol. The zero-order valence-electron chi connectivity index (χ0n) is 11.3. The summed E-state index contributed by atoms with van der Waals surface area (Å²) in [6, 6.07) is 3.72. The van der Waals surface area contributed by atoms with Crippen molar-refractivity contribution in [1.29, 1.82) is 0 Å². The molecule has 0 aliphatic heterocycles. The van der Waals surface area contributed by atoms with Crippen molar-refractivity contribution in [2.24, 2.45) is 11.8 Å². The zero-order valence-corrected chi connectivity index (χ0v) is 12.9. The van der Waals surface area contributed by atoms with Gasteiger partial charge in [0, 0.05) is 11.4 Å². The lowest BCUT2D eigenvalue weighted by molar-refractivity contribution is -0.149. The van der Waals surface area contributed by atoms with Crippen molar-refractivity contribution in [2.75, 3.05) is 6.54 Å². The van der Waals surface area contributed by atoms with E-state index in [-0.39, 0.29) is 11.8 Å². The fraction of sp³-hybridized carbons (Fsp3) is 0.571. The molecule has 1 saturated carbocycles. The van der Waals surface area contributed by atoms with Crippen LogP contribution >= 0.6 is 22.9 Å². The average Bonchev–Trinajstić information content (AvgIpc) is 3.03. The minimum absolute atomic E-state index is 0.0399. The van der Waals surface area contributed by atoms with Crippen LogP contribution in [0.5, 0.6) is 0 Å². The molecule has 1 aromatic rings. The highest BCUT2D eigenvalue weighted by atomic mass is 35.5. The van der Waals surface area contributed by atoms with Crippen LogP contribution in [0.1, 0.15) is 31.1 Å². The number of aliphatic carboxylic acids is 1. The molecule has 1 amide bonds. The fourth-order valence-corrected chi connectivity index (χ4v) is 3.86. The summed E-state index contributed by atoms with van der Waals surface area (Å²) in [5, 5.41) is 9.19. The van der Waals surface area contributed by atoms with Crippen molar-refractivity contribution in [3.05, 3.63) is 21.3 Å². The van der Waals surface area contributed by atoms with Gasteiger partial charge in [0.15, 0.2) is 0 Å². The number of halogens is 1. The van der Waals surface area contributed by atoms with E-state index < -0.39 is 11.9 Å². The van der Waals surface area contributed by atoms with E-state index in [0.29, 0.717) is 30.3 Å². The van der Waals surface area contributed by atoms with Gasteiger partial charge in [-0.2, -0.15) is 0 Å². The minimum Gasteiger partial charge on any atom is -0.481 e. The maximum Gasteiger partial charge on any atom is 0.307 e. The molecule has 110 valence electrons. The molecule has 2 atom stereocenters. The predicted molar refractivity (Wildman–Crippen MR) is 78.9 cm³/mol. The molecule has 0 aromatic carbocycles. The van der Waals surface area contributed by atoms with E-state index in [9.17, 15) is 14.7 Å². The van der Waals surface area contributed by atoms with E-state index in [1.165, 1.54) is 11.3 Å². The number of nitrogens with zero attached hydrogens (tertiary/aromatic N) is 1. The summed E-state index contributed by atoms with van der Waals surface area (Å²) in [6.45, 7) is 3.00. The van der Waals surface area contributed by atoms with Crippen LogP contribution in [0.15, 0.2) is 12.1 Å². The number of rotatable bonds is 5. The van der Waals surface area contributed by atoms with Gasteiger partial charge in [-0.1, -0.05) is 18.0 Å². The van der Waals surface area contributed by atoms with Gasteiger partial charge in [0.05, 0.1) is 22.7 Å². The van der Waals surface area contributed by atoms with E-state index in [4.69, 9.17) is 11.6 Å². The van der Waals surface area contributed by atoms with Gasteiger partial charge in [-0.05, 0) is 31.9 Å². The predicted octanol–water partition coefficient (Wildman–Crippen LogP) is 3.25. The van der Waals surface area contributed by atoms with Crippen molar-refractivity contribution < 1.29 is 14.7 Å². The Balaban J connectivity index is 2.06. The van der Waals surface area contributed by atoms with Crippen molar-refractivity contribution in [2.45, 2.75) is 32.7 Å². The van der Waals surface area contributed by atoms with Crippen molar-refractivity contribution in [1.82, 2.24) is 4.90 Å². The van der Waals surface area contributed by atoms with Gasteiger partial charge in [0.2, 0.25) is 5.91 Å². The normalized spacial score (nSPS) is 21.9. The molecule has 1 aliphatic carbocycles. The summed E-state index contributed by atoms with van der Waals surface area (Å²) in [5.41, 5.74) is 0. The Hall–Kier alpha value is -1.07. The Bertz CT molecular complexity index is 502. The number of carboxylic acid groups (broad SMARTS) is 1. The molecule has 4 nitrogen and oxygen atoms in total. The average molecular weight is 316 g/mol. The van der Waals surface area contributed by atoms with E-state index >= 15 is 0 Å². The van der Waals surface area contributed by atoms with Gasteiger partial charge in [-0.25, -0.2) is 0 Å². The van der Waals surface area contributed by atoms with Crippen molar-refractivity contribution in [3.63, 3.8) is 0 Å². The fourth-order valence-electron chi connectivity index (χ4n) is 2.76. The number of carbonyl (C=O) groups excluding carboxylic acids is 1. The second-order valence-corrected chi connectivity index (χ2v) is 6.84. The van der Waals surface area contributed by atoms with Crippen LogP contribution in [0.3, 0.4) is 0 Å². The van der Waals surface area contributed by atoms with E-state index in [2.05, 4.69) is 0 Å². The molecule has 1 aromatic heterocycles. The quantitative estimate of drug-likeness (QED) is 0.907. The summed E-state index contributed by atoms with van der Waals surface area (Å²) in [4.78, 5) is 26.5. The lowest BCUT2D eigenvalue weighted by Gasteiger charge is -2.25. The van der Waals surface area contributed by atoms with Gasteiger partial charge in [-0.15, -0.1) is 11.3 Å². The first-order valence-corrected chi connectivity index (χ1v) is 7.98. The summed E-state index contributed by atoms with van der Waals surface area (Å²) < 4.78 is 0.702. The summed E-state index contributed by atoms with van der Waals surface area (Å²) in [5.74, 6) is -1.79. The highest BCUT2D eigenvalue weighted by molar-refractivity contribution is 7.16. The third-order valence-corrected chi connectivity index (χ3v) is 5.04. The van der Waals surface area contributed by atoms with Crippen LogP contribution in [-0.2, 0) is 16.1 Å². The lowest BCUT2D eigenvalue weighted by atomic mass is 9.94. The highest BCUT2D eigenvalue weighted by Crippen LogP contribution is 2.34. The summed E-state index contributed by atoms with van der Waals surface area (Å²) in [7, 11) is 0. The first kappa shape index (κ1) is 15.3. The van der Waals surface area contributed by atoms with Crippen LogP contribution in [-0.4, -0.2) is 28.4 Å². The second kappa shape index (κ2) is 6.59. The Morgan fingerprint density at radius 2 is 2.10 bits per heavy atom. The van der Waals surface area contributed by atoms with Gasteiger partial charge in [0.1, 0.15) is 0 Å². The third kappa shape index (κ3) is 3.33. The van der Waals surface area contributed by atoms with E-state index in [1.54, 1.807) is 4.90 Å². The molecule has 2 rings (SSSR count). The van der Waals surface area contributed by atoms with Crippen LogP contribution in [0, 0.1) is 11.8 Å². The maximum atomic E-state index is 12.5. The molecule has 0 saturated heterocycles. The van der Waals surface area contributed by atoms with Gasteiger partial charge in [0.25, 0.3) is 0 Å². The smallest absolute Gasteiger partial charge is 0.307 e. The van der Waals surface area contributed by atoms with Gasteiger partial charge < -0.3 is 10.0 Å². The van der Waals surface area contributed by atoms with E-state index in [1.807, 2.05) is 19.1 Å². The molecule has 2 unspecified atom stereocenters. The molecule has 1 heterocycles. The Kier molecular flexibility index (Phi) is 5.05. The first-order chi connectivity index (χ1) is 9.52. The number of hydrogen-bond acceptors (Lipinski definition) is 3. The standard InChI is InChI=1S/C14H18ClNO3S/c1-2-16(8-9-6-7-12(15)20-9)13(17)10-4-3-5-11(10)14(18)19/h6-7,10-11H,2-5,8H2,1H3,(H,18,19). The molecule has 6 heteroatoms. The Morgan fingerprint density at radius 1 is 1.40 bits per heavy atom. The second-order valence-electron chi connectivity index (χ2n) is 5.04. The molecule has 1 N–H and O–H groups in total.